The largest absolute Gasteiger partial charge is 0.370 e. The van der Waals surface area contributed by atoms with Gasteiger partial charge in [0.05, 0.1) is 12.6 Å². The molecule has 0 saturated carbocycles. The molecule has 1 aromatic carbocycles. The van der Waals surface area contributed by atoms with Gasteiger partial charge < -0.3 is 38.6 Å². The number of fused-ring (bicyclic) bond motifs is 1. The minimum absolute atomic E-state index is 0.0265. The van der Waals surface area contributed by atoms with E-state index in [-0.39, 0.29) is 18.9 Å². The number of nitrogens with one attached hydrogen (secondary N) is 3. The average Bonchev–Trinajstić information content (AvgIpc) is 3.11. The van der Waals surface area contributed by atoms with Gasteiger partial charge in [0.2, 0.25) is 17.7 Å². The zero-order valence-corrected chi connectivity index (χ0v) is 16.6. The fourth-order valence-corrected chi connectivity index (χ4v) is 2.94. The van der Waals surface area contributed by atoms with Gasteiger partial charge in [0.1, 0.15) is 6.04 Å². The predicted octanol–water partition coefficient (Wildman–Crippen LogP) is -1.82. The van der Waals surface area contributed by atoms with Crippen molar-refractivity contribution in [2.75, 3.05) is 13.1 Å². The molecule has 2 atom stereocenters. The highest BCUT2D eigenvalue weighted by Gasteiger charge is 2.21. The normalized spacial score (nSPS) is 12.7. The van der Waals surface area contributed by atoms with Crippen molar-refractivity contribution in [2.45, 2.75) is 31.3 Å². The van der Waals surface area contributed by atoms with Crippen molar-refractivity contribution in [2.24, 2.45) is 27.9 Å². The number of aromatic amines is 1. The van der Waals surface area contributed by atoms with Crippen molar-refractivity contribution in [3.05, 3.63) is 36.0 Å². The third kappa shape index (κ3) is 6.78. The van der Waals surface area contributed by atoms with Crippen LogP contribution in [0.2, 0.25) is 0 Å². The zero-order valence-electron chi connectivity index (χ0n) is 16.6. The molecule has 3 amide bonds. The number of carbonyl (C=O) groups is 3. The maximum atomic E-state index is 12.2. The Morgan fingerprint density at radius 1 is 1.13 bits per heavy atom. The maximum absolute atomic E-state index is 12.2. The van der Waals surface area contributed by atoms with Gasteiger partial charge in [0, 0.05) is 30.1 Å². The fraction of sp³-hybridized carbons (Fsp3) is 0.368. The summed E-state index contributed by atoms with van der Waals surface area (Å²) in [4.78, 5) is 42.9. The Labute approximate surface area is 173 Å². The van der Waals surface area contributed by atoms with E-state index in [0.29, 0.717) is 19.4 Å². The van der Waals surface area contributed by atoms with Crippen LogP contribution in [-0.4, -0.2) is 53.8 Å². The standard InChI is InChI=1S/C19H28N8O3/c20-13(5-3-7-24-19(22)23)18(30)26-10-16(28)27-15(17(21)29)8-11-9-25-14-6-2-1-4-12(11)14/h1-2,4,6,9,13,15,25H,3,5,7-8,10,20H2,(H2,21,29)(H,26,30)(H,27,28)(H4,22,23,24)/t13-,15-/m0/s1. The number of aliphatic imine (C=N–C) groups is 1. The third-order valence-electron chi connectivity index (χ3n) is 4.51. The van der Waals surface area contributed by atoms with Crippen LogP contribution in [0.5, 0.6) is 0 Å². The van der Waals surface area contributed by atoms with E-state index in [2.05, 4.69) is 20.6 Å². The summed E-state index contributed by atoms with van der Waals surface area (Å²) in [5, 5.41) is 5.94. The highest BCUT2D eigenvalue weighted by Crippen LogP contribution is 2.19. The lowest BCUT2D eigenvalue weighted by Crippen LogP contribution is -2.50. The van der Waals surface area contributed by atoms with Crippen molar-refractivity contribution in [1.82, 2.24) is 15.6 Å². The molecule has 1 heterocycles. The molecule has 0 aliphatic rings. The molecule has 0 fully saturated rings. The van der Waals surface area contributed by atoms with Gasteiger partial charge in [-0.15, -0.1) is 0 Å². The first-order chi connectivity index (χ1) is 14.3. The second-order valence-corrected chi connectivity index (χ2v) is 6.86. The van der Waals surface area contributed by atoms with Crippen molar-refractivity contribution < 1.29 is 14.4 Å². The first-order valence-electron chi connectivity index (χ1n) is 9.50. The van der Waals surface area contributed by atoms with E-state index in [0.717, 1.165) is 16.5 Å². The summed E-state index contributed by atoms with van der Waals surface area (Å²) in [7, 11) is 0. The lowest BCUT2D eigenvalue weighted by molar-refractivity contribution is -0.129. The van der Waals surface area contributed by atoms with Gasteiger partial charge in [-0.05, 0) is 24.5 Å². The number of amides is 3. The Balaban J connectivity index is 1.83. The Hall–Kier alpha value is -3.60. The summed E-state index contributed by atoms with van der Waals surface area (Å²) in [5.41, 5.74) is 23.4. The molecular weight excluding hydrogens is 388 g/mol. The first kappa shape index (κ1) is 22.7. The van der Waals surface area contributed by atoms with Gasteiger partial charge in [-0.25, -0.2) is 0 Å². The molecule has 11 N–H and O–H groups in total. The molecule has 30 heavy (non-hydrogen) atoms. The predicted molar refractivity (Wildman–Crippen MR) is 114 cm³/mol. The highest BCUT2D eigenvalue weighted by molar-refractivity contribution is 5.91. The Morgan fingerprint density at radius 2 is 1.87 bits per heavy atom. The van der Waals surface area contributed by atoms with Crippen LogP contribution in [-0.2, 0) is 20.8 Å². The third-order valence-corrected chi connectivity index (χ3v) is 4.51. The molecule has 0 aliphatic heterocycles. The summed E-state index contributed by atoms with van der Waals surface area (Å²) >= 11 is 0. The van der Waals surface area contributed by atoms with Gasteiger partial charge in [-0.1, -0.05) is 18.2 Å². The van der Waals surface area contributed by atoms with E-state index in [4.69, 9.17) is 22.9 Å². The molecule has 1 aromatic heterocycles. The second-order valence-electron chi connectivity index (χ2n) is 6.86. The van der Waals surface area contributed by atoms with E-state index >= 15 is 0 Å². The number of rotatable bonds is 11. The molecule has 2 rings (SSSR count). The van der Waals surface area contributed by atoms with Gasteiger partial charge in [0.25, 0.3) is 0 Å². The lowest BCUT2D eigenvalue weighted by Gasteiger charge is -2.16. The fourth-order valence-electron chi connectivity index (χ4n) is 2.94. The topological polar surface area (TPSA) is 208 Å². The average molecular weight is 416 g/mol. The van der Waals surface area contributed by atoms with Crippen LogP contribution >= 0.6 is 0 Å². The van der Waals surface area contributed by atoms with Crippen molar-refractivity contribution in [3.8, 4) is 0 Å². The SMILES string of the molecule is NC(=O)[C@H](Cc1c[nH]c2ccccc12)NC(=O)CNC(=O)[C@@H](N)CCCN=C(N)N. The Morgan fingerprint density at radius 3 is 2.57 bits per heavy atom. The first-order valence-corrected chi connectivity index (χ1v) is 9.50. The van der Waals surface area contributed by atoms with Crippen LogP contribution in [0.4, 0.5) is 0 Å². The van der Waals surface area contributed by atoms with Crippen LogP contribution < -0.4 is 33.6 Å². The molecule has 11 nitrogen and oxygen atoms in total. The monoisotopic (exact) mass is 416 g/mol. The summed E-state index contributed by atoms with van der Waals surface area (Å²) in [6.07, 6.45) is 2.88. The van der Waals surface area contributed by atoms with E-state index < -0.39 is 29.8 Å². The summed E-state index contributed by atoms with van der Waals surface area (Å²) in [6.45, 7) is 0.0377. The molecule has 11 heteroatoms. The zero-order chi connectivity index (χ0) is 22.1. The van der Waals surface area contributed by atoms with E-state index in [1.807, 2.05) is 24.3 Å². The van der Waals surface area contributed by atoms with Crippen LogP contribution in [0.25, 0.3) is 10.9 Å². The number of primary amides is 1. The smallest absolute Gasteiger partial charge is 0.240 e. The van der Waals surface area contributed by atoms with Crippen LogP contribution in [0.15, 0.2) is 35.5 Å². The number of carbonyl (C=O) groups excluding carboxylic acids is 3. The molecule has 162 valence electrons. The second kappa shape index (κ2) is 10.8. The minimum Gasteiger partial charge on any atom is -0.370 e. The highest BCUT2D eigenvalue weighted by atomic mass is 16.2. The minimum atomic E-state index is -0.915. The number of guanidine groups is 1. The summed E-state index contributed by atoms with van der Waals surface area (Å²) < 4.78 is 0. The van der Waals surface area contributed by atoms with E-state index in [1.54, 1.807) is 6.20 Å². The number of nitrogens with zero attached hydrogens (tertiary/aromatic N) is 1. The van der Waals surface area contributed by atoms with Crippen LogP contribution in [0.3, 0.4) is 0 Å². The number of aromatic nitrogens is 1. The van der Waals surface area contributed by atoms with Crippen molar-refractivity contribution >= 4 is 34.6 Å². The van der Waals surface area contributed by atoms with Gasteiger partial charge in [-0.3, -0.25) is 19.4 Å². The van der Waals surface area contributed by atoms with Crippen molar-refractivity contribution in [1.29, 1.82) is 0 Å². The maximum Gasteiger partial charge on any atom is 0.240 e. The molecule has 0 aliphatic carbocycles. The summed E-state index contributed by atoms with van der Waals surface area (Å²) in [6, 6.07) is 5.88. The number of benzene rings is 1. The number of para-hydroxylation sites is 1. The van der Waals surface area contributed by atoms with E-state index in [1.165, 1.54) is 0 Å². The Kier molecular flexibility index (Phi) is 8.18. The van der Waals surface area contributed by atoms with Crippen LogP contribution in [0, 0.1) is 0 Å². The number of hydrogen-bond donors (Lipinski definition) is 7. The summed E-state index contributed by atoms with van der Waals surface area (Å²) in [5.74, 6) is -1.72. The van der Waals surface area contributed by atoms with Gasteiger partial charge >= 0.3 is 0 Å². The quantitative estimate of drug-likeness (QED) is 0.127. The molecule has 0 spiro atoms. The molecule has 0 unspecified atom stereocenters. The Bertz CT molecular complexity index is 919. The number of H-pyrrole nitrogens is 1. The van der Waals surface area contributed by atoms with Gasteiger partial charge in [0.15, 0.2) is 5.96 Å². The molecule has 0 saturated heterocycles. The molecule has 0 bridgehead atoms. The number of hydrogen-bond acceptors (Lipinski definition) is 5. The van der Waals surface area contributed by atoms with Gasteiger partial charge in [-0.2, -0.15) is 0 Å². The molecular formula is C19H28N8O3. The van der Waals surface area contributed by atoms with E-state index in [9.17, 15) is 14.4 Å². The van der Waals surface area contributed by atoms with Crippen molar-refractivity contribution in [3.63, 3.8) is 0 Å². The lowest BCUT2D eigenvalue weighted by atomic mass is 10.0. The molecule has 2 aromatic rings. The van der Waals surface area contributed by atoms with Crippen LogP contribution in [0.1, 0.15) is 18.4 Å². The number of nitrogens with two attached hydrogens (primary N) is 4. The molecule has 0 radical (unpaired) electrons.